The van der Waals surface area contributed by atoms with Crippen LogP contribution in [0.5, 0.6) is 0 Å². The Kier molecular flexibility index (Phi) is 2.73. The second kappa shape index (κ2) is 2.73. The van der Waals surface area contributed by atoms with Crippen molar-refractivity contribution in [2.75, 3.05) is 0 Å². The number of halogens is 3. The number of carbonyl (C=O) groups is 2. The zero-order valence-electron chi connectivity index (χ0n) is 4.03. The first-order valence-electron chi connectivity index (χ1n) is 1.76. The van der Waals surface area contributed by atoms with Crippen LogP contribution in [0.15, 0.2) is 0 Å². The van der Waals surface area contributed by atoms with Gasteiger partial charge in [-0.05, 0) is 0 Å². The molecule has 6 heteroatoms. The Hall–Kier alpha value is 0.01000. The van der Waals surface area contributed by atoms with Gasteiger partial charge >= 0.3 is 0 Å². The Morgan fingerprint density at radius 1 is 1.22 bits per heavy atom. The van der Waals surface area contributed by atoms with Crippen molar-refractivity contribution in [2.45, 2.75) is 3.79 Å². The Balaban J connectivity index is 4.23. The van der Waals surface area contributed by atoms with E-state index < -0.39 is 15.5 Å². The van der Waals surface area contributed by atoms with Crippen molar-refractivity contribution in [1.82, 2.24) is 0 Å². The van der Waals surface area contributed by atoms with Crippen molar-refractivity contribution >= 4 is 46.5 Å². The molecule has 0 spiro atoms. The fraction of sp³-hybridized carbons (Fsp3) is 0.333. The predicted molar refractivity (Wildman–Crippen MR) is 34.5 cm³/mol. The number of rotatable bonds is 1. The van der Waals surface area contributed by atoms with Crippen LogP contribution in [0.1, 0.15) is 0 Å². The number of primary amides is 1. The molecule has 0 fully saturated rings. The van der Waals surface area contributed by atoms with E-state index in [1.54, 1.807) is 0 Å². The summed E-state index contributed by atoms with van der Waals surface area (Å²) in [6, 6.07) is 0. The smallest absolute Gasteiger partial charge is 0.289 e. The van der Waals surface area contributed by atoms with Crippen molar-refractivity contribution in [1.29, 1.82) is 0 Å². The summed E-state index contributed by atoms with van der Waals surface area (Å²) in [7, 11) is 0. The number of alkyl halides is 3. The standard InChI is InChI=1S/C3H2Cl3NO2/c4-3(5,6)1(8)2(7)9/h(H2,7,9). The molecule has 0 saturated heterocycles. The lowest BCUT2D eigenvalue weighted by Gasteiger charge is -2.03. The van der Waals surface area contributed by atoms with Crippen LogP contribution in [-0.4, -0.2) is 15.5 Å². The Morgan fingerprint density at radius 2 is 1.56 bits per heavy atom. The molecule has 2 N–H and O–H groups in total. The van der Waals surface area contributed by atoms with Crippen molar-refractivity contribution < 1.29 is 9.59 Å². The van der Waals surface area contributed by atoms with Crippen LogP contribution in [-0.2, 0) is 9.59 Å². The Labute approximate surface area is 66.0 Å². The highest BCUT2D eigenvalue weighted by Crippen LogP contribution is 2.26. The third-order valence-corrected chi connectivity index (χ3v) is 0.996. The normalized spacial score (nSPS) is 11.0. The van der Waals surface area contributed by atoms with E-state index in [0.29, 0.717) is 0 Å². The first kappa shape index (κ1) is 9.01. The van der Waals surface area contributed by atoms with E-state index in [9.17, 15) is 9.59 Å². The zero-order chi connectivity index (χ0) is 7.65. The molecule has 52 valence electrons. The van der Waals surface area contributed by atoms with Gasteiger partial charge in [0.1, 0.15) is 0 Å². The molecule has 3 nitrogen and oxygen atoms in total. The van der Waals surface area contributed by atoms with Gasteiger partial charge in [-0.2, -0.15) is 0 Å². The third-order valence-electron chi connectivity index (χ3n) is 0.481. The highest BCUT2D eigenvalue weighted by Gasteiger charge is 2.34. The van der Waals surface area contributed by atoms with Gasteiger partial charge in [-0.15, -0.1) is 0 Å². The minimum atomic E-state index is -2.22. The Morgan fingerprint density at radius 3 is 1.56 bits per heavy atom. The summed E-state index contributed by atoms with van der Waals surface area (Å²) in [5.74, 6) is -2.48. The molecule has 0 bridgehead atoms. The van der Waals surface area contributed by atoms with Gasteiger partial charge < -0.3 is 5.73 Å². The number of nitrogens with two attached hydrogens (primary N) is 1. The maximum absolute atomic E-state index is 10.3. The molecule has 0 aromatic rings. The van der Waals surface area contributed by atoms with Crippen LogP contribution >= 0.6 is 34.8 Å². The maximum Gasteiger partial charge on any atom is 0.289 e. The van der Waals surface area contributed by atoms with Gasteiger partial charge in [0.05, 0.1) is 0 Å². The van der Waals surface area contributed by atoms with Crippen LogP contribution in [0.3, 0.4) is 0 Å². The van der Waals surface area contributed by atoms with Crippen LogP contribution < -0.4 is 5.73 Å². The van der Waals surface area contributed by atoms with E-state index in [4.69, 9.17) is 34.8 Å². The van der Waals surface area contributed by atoms with E-state index in [-0.39, 0.29) is 0 Å². The number of ketones is 1. The summed E-state index contributed by atoms with van der Waals surface area (Å²) < 4.78 is -2.22. The summed E-state index contributed by atoms with van der Waals surface area (Å²) in [6.45, 7) is 0. The van der Waals surface area contributed by atoms with E-state index in [1.807, 2.05) is 0 Å². The first-order chi connectivity index (χ1) is 3.85. The molecule has 0 aromatic heterocycles. The largest absolute Gasteiger partial charge is 0.363 e. The fourth-order valence-electron chi connectivity index (χ4n) is 0.140. The zero-order valence-corrected chi connectivity index (χ0v) is 6.30. The Bertz CT molecular complexity index is 150. The molecule has 0 radical (unpaired) electrons. The van der Waals surface area contributed by atoms with E-state index in [2.05, 4.69) is 5.73 Å². The van der Waals surface area contributed by atoms with E-state index in [0.717, 1.165) is 0 Å². The molecule has 0 aromatic carbocycles. The van der Waals surface area contributed by atoms with Crippen molar-refractivity contribution in [2.24, 2.45) is 5.73 Å². The van der Waals surface area contributed by atoms with Crippen LogP contribution in [0.2, 0.25) is 0 Å². The number of Topliss-reactive ketones (excluding diaryl/α,β-unsaturated/α-hetero) is 1. The highest BCUT2D eigenvalue weighted by atomic mass is 35.6. The van der Waals surface area contributed by atoms with Crippen molar-refractivity contribution in [3.63, 3.8) is 0 Å². The van der Waals surface area contributed by atoms with Crippen LogP contribution in [0, 0.1) is 0 Å². The average Bonchev–Trinajstić information content (AvgIpc) is 1.62. The number of carbonyl (C=O) groups excluding carboxylic acids is 2. The minimum Gasteiger partial charge on any atom is -0.363 e. The maximum atomic E-state index is 10.3. The van der Waals surface area contributed by atoms with Gasteiger partial charge in [0.2, 0.25) is 0 Å². The molecule has 0 aliphatic rings. The van der Waals surface area contributed by atoms with Crippen molar-refractivity contribution in [3.8, 4) is 0 Å². The summed E-state index contributed by atoms with van der Waals surface area (Å²) in [4.78, 5) is 20.3. The number of hydrogen-bond acceptors (Lipinski definition) is 2. The lowest BCUT2D eigenvalue weighted by Crippen LogP contribution is -2.33. The summed E-state index contributed by atoms with van der Waals surface area (Å²) in [5, 5.41) is 0. The highest BCUT2D eigenvalue weighted by molar-refractivity contribution is 6.81. The number of amides is 1. The number of hydrogen-bond donors (Lipinski definition) is 1. The van der Waals surface area contributed by atoms with E-state index in [1.165, 1.54) is 0 Å². The quantitative estimate of drug-likeness (QED) is 0.481. The SMILES string of the molecule is NC(=O)C(=O)C(Cl)(Cl)Cl. The van der Waals surface area contributed by atoms with Gasteiger partial charge in [0.25, 0.3) is 15.5 Å². The van der Waals surface area contributed by atoms with Crippen molar-refractivity contribution in [3.05, 3.63) is 0 Å². The molecular weight excluding hydrogens is 188 g/mol. The monoisotopic (exact) mass is 189 g/mol. The molecule has 0 rings (SSSR count). The van der Waals surface area contributed by atoms with Gasteiger partial charge in [-0.25, -0.2) is 0 Å². The molecular formula is C3H2Cl3NO2. The van der Waals surface area contributed by atoms with Gasteiger partial charge in [-0.1, -0.05) is 34.8 Å². The fourth-order valence-corrected chi connectivity index (χ4v) is 0.419. The molecule has 0 unspecified atom stereocenters. The molecule has 0 aliphatic carbocycles. The van der Waals surface area contributed by atoms with Gasteiger partial charge in [0.15, 0.2) is 0 Å². The van der Waals surface area contributed by atoms with E-state index >= 15 is 0 Å². The lowest BCUT2D eigenvalue weighted by atomic mass is 10.4. The van der Waals surface area contributed by atoms with Crippen LogP contribution in [0.25, 0.3) is 0 Å². The molecule has 0 heterocycles. The first-order valence-corrected chi connectivity index (χ1v) is 2.90. The molecule has 0 atom stereocenters. The summed E-state index contributed by atoms with van der Waals surface area (Å²) >= 11 is 14.9. The molecule has 9 heavy (non-hydrogen) atoms. The third kappa shape index (κ3) is 2.89. The predicted octanol–water partition coefficient (Wildman–Crippen LogP) is 0.411. The molecule has 1 amide bonds. The molecule has 0 aliphatic heterocycles. The average molecular weight is 190 g/mol. The van der Waals surface area contributed by atoms with Crippen LogP contribution in [0.4, 0.5) is 0 Å². The minimum absolute atomic E-state index is 1.23. The van der Waals surface area contributed by atoms with Gasteiger partial charge in [-0.3, -0.25) is 9.59 Å². The summed E-state index contributed by atoms with van der Waals surface area (Å²) in [5.41, 5.74) is 4.48. The summed E-state index contributed by atoms with van der Waals surface area (Å²) in [6.07, 6.45) is 0. The lowest BCUT2D eigenvalue weighted by molar-refractivity contribution is -0.135. The van der Waals surface area contributed by atoms with Gasteiger partial charge in [0, 0.05) is 0 Å². The molecule has 0 saturated carbocycles. The topological polar surface area (TPSA) is 60.2 Å². The second-order valence-electron chi connectivity index (χ2n) is 1.19. The second-order valence-corrected chi connectivity index (χ2v) is 3.47.